The molecule has 0 N–H and O–H groups in total. The van der Waals surface area contributed by atoms with Gasteiger partial charge in [0.2, 0.25) is 0 Å². The first-order chi connectivity index (χ1) is 12.7. The molecule has 0 aromatic heterocycles. The fraction of sp³-hybridized carbons (Fsp3) is 0.450. The Kier molecular flexibility index (Phi) is 12.1. The molecule has 1 atom stereocenters. The second kappa shape index (κ2) is 14.2. The zero-order chi connectivity index (χ0) is 19.0. The number of carbonyl (C=O) groups excluding carboxylic acids is 1. The summed E-state index contributed by atoms with van der Waals surface area (Å²) in [7, 11) is -1.71. The second-order valence-corrected chi connectivity index (χ2v) is 7.01. The van der Waals surface area contributed by atoms with Crippen LogP contribution in [0.1, 0.15) is 38.2 Å². The molecular weight excluding hydrogens is 349 g/mol. The Morgan fingerprint density at radius 2 is 2.04 bits per heavy atom. The predicted molar refractivity (Wildman–Crippen MR) is 105 cm³/mol. The molecule has 0 bridgehead atoms. The van der Waals surface area contributed by atoms with Crippen molar-refractivity contribution < 1.29 is 19.2 Å². The maximum atomic E-state index is 11.8. The number of carbonyl (C=O) groups is 1. The van der Waals surface area contributed by atoms with E-state index in [-0.39, 0.29) is 6.54 Å². The Balaban J connectivity index is 2.19. The van der Waals surface area contributed by atoms with E-state index < -0.39 is 13.9 Å². The summed E-state index contributed by atoms with van der Waals surface area (Å²) in [6, 6.07) is 7.88. The van der Waals surface area contributed by atoms with Crippen LogP contribution in [0.4, 0.5) is 0 Å². The van der Waals surface area contributed by atoms with Crippen LogP contribution in [0.2, 0.25) is 0 Å². The van der Waals surface area contributed by atoms with Gasteiger partial charge in [0, 0.05) is 0 Å². The number of allylic oxidation sites excluding steroid dienone is 2. The number of ether oxygens (including phenoxy) is 2. The van der Waals surface area contributed by atoms with E-state index in [1.807, 2.05) is 43.3 Å². The lowest BCUT2D eigenvalue weighted by Gasteiger charge is -2.02. The number of rotatable bonds is 13. The largest absolute Gasteiger partial charge is 0.612 e. The first kappa shape index (κ1) is 22.1. The van der Waals surface area contributed by atoms with Crippen molar-refractivity contribution in [2.24, 2.45) is 4.74 Å². The fourth-order valence-corrected chi connectivity index (χ4v) is 2.94. The van der Waals surface area contributed by atoms with Crippen molar-refractivity contribution in [3.8, 4) is 5.75 Å². The van der Waals surface area contributed by atoms with E-state index in [1.165, 1.54) is 0 Å². The Hall–Kier alpha value is -1.97. The lowest BCUT2D eigenvalue weighted by atomic mass is 10.2. The summed E-state index contributed by atoms with van der Waals surface area (Å²) in [4.78, 5) is 23.2. The van der Waals surface area contributed by atoms with Gasteiger partial charge in [-0.3, -0.25) is 0 Å². The molecule has 0 radical (unpaired) electrons. The van der Waals surface area contributed by atoms with Crippen LogP contribution in [-0.4, -0.2) is 31.9 Å². The smallest absolute Gasteiger partial charge is 0.331 e. The van der Waals surface area contributed by atoms with Crippen molar-refractivity contribution in [1.29, 1.82) is 0 Å². The molecule has 1 aromatic carbocycles. The third-order valence-electron chi connectivity index (χ3n) is 3.39. The summed E-state index contributed by atoms with van der Waals surface area (Å²) in [5, 5.41) is 0. The quantitative estimate of drug-likeness (QED) is 0.222. The van der Waals surface area contributed by atoms with Crippen LogP contribution in [0.15, 0.2) is 47.7 Å². The lowest BCUT2D eigenvalue weighted by molar-refractivity contribution is -0.156. The van der Waals surface area contributed by atoms with E-state index in [2.05, 4.69) is 11.3 Å². The van der Waals surface area contributed by atoms with Gasteiger partial charge in [0.05, 0.1) is 13.2 Å². The first-order valence-electron chi connectivity index (χ1n) is 8.93. The van der Waals surface area contributed by atoms with E-state index in [0.717, 1.165) is 37.0 Å². The predicted octanol–water partition coefficient (Wildman–Crippen LogP) is 4.33. The SMILES string of the molecule is C=CCCCOC(=O)CN=[P+]([O-])CCCC=Cc1ccc(OCC)cc1. The molecule has 0 amide bonds. The zero-order valence-electron chi connectivity index (χ0n) is 15.4. The molecule has 0 heterocycles. The van der Waals surface area contributed by atoms with Crippen molar-refractivity contribution in [3.05, 3.63) is 48.6 Å². The minimum Gasteiger partial charge on any atom is -0.612 e. The summed E-state index contributed by atoms with van der Waals surface area (Å²) >= 11 is 0. The molecule has 0 spiro atoms. The Morgan fingerprint density at radius 3 is 2.73 bits per heavy atom. The van der Waals surface area contributed by atoms with Gasteiger partial charge in [-0.2, -0.15) is 0 Å². The van der Waals surface area contributed by atoms with Gasteiger partial charge in [-0.1, -0.05) is 30.4 Å². The molecule has 5 nitrogen and oxygen atoms in total. The van der Waals surface area contributed by atoms with Crippen molar-refractivity contribution >= 4 is 20.0 Å². The number of hydrogen-bond acceptors (Lipinski definition) is 5. The highest BCUT2D eigenvalue weighted by molar-refractivity contribution is 7.39. The standard InChI is InChI=1S/C20H28NO4P/c1-3-5-8-15-25-20(22)17-21-26(23)16-9-6-7-10-18-11-13-19(14-12-18)24-4-2/h3,7,10-14H,1,4-6,8-9,15-17H2,2H3. The molecule has 0 aliphatic rings. The summed E-state index contributed by atoms with van der Waals surface area (Å²) < 4.78 is 14.3. The van der Waals surface area contributed by atoms with Crippen molar-refractivity contribution in [2.45, 2.75) is 32.6 Å². The molecule has 0 fully saturated rings. The van der Waals surface area contributed by atoms with Gasteiger partial charge >= 0.3 is 5.97 Å². The van der Waals surface area contributed by atoms with E-state index in [9.17, 15) is 9.69 Å². The Bertz CT molecular complexity index is 596. The minimum atomic E-state index is -1.71. The lowest BCUT2D eigenvalue weighted by Crippen LogP contribution is -2.09. The Morgan fingerprint density at radius 1 is 1.27 bits per heavy atom. The number of esters is 1. The fourth-order valence-electron chi connectivity index (χ4n) is 2.07. The van der Waals surface area contributed by atoms with Gasteiger partial charge < -0.3 is 14.4 Å². The van der Waals surface area contributed by atoms with Crippen molar-refractivity contribution in [1.82, 2.24) is 0 Å². The van der Waals surface area contributed by atoms with E-state index in [4.69, 9.17) is 9.47 Å². The molecular formula is C20H28NO4P. The summed E-state index contributed by atoms with van der Waals surface area (Å²) in [5.74, 6) is 0.440. The molecule has 1 unspecified atom stereocenters. The molecule has 0 saturated carbocycles. The highest BCUT2D eigenvalue weighted by atomic mass is 31.1. The van der Waals surface area contributed by atoms with Crippen LogP contribution in [0.3, 0.4) is 0 Å². The van der Waals surface area contributed by atoms with Crippen molar-refractivity contribution in [3.63, 3.8) is 0 Å². The molecule has 1 rings (SSSR count). The van der Waals surface area contributed by atoms with Crippen LogP contribution in [0.25, 0.3) is 6.08 Å². The third kappa shape index (κ3) is 10.8. The molecule has 1 aromatic rings. The normalized spacial score (nSPS) is 11.5. The van der Waals surface area contributed by atoms with Gasteiger partial charge in [-0.25, -0.2) is 4.79 Å². The van der Waals surface area contributed by atoms with Crippen LogP contribution >= 0.6 is 7.94 Å². The van der Waals surface area contributed by atoms with Crippen LogP contribution < -0.4 is 9.63 Å². The van der Waals surface area contributed by atoms with Gasteiger partial charge in [-0.15, -0.1) is 11.3 Å². The third-order valence-corrected chi connectivity index (χ3v) is 4.55. The number of unbranched alkanes of at least 4 members (excludes halogenated alkanes) is 2. The molecule has 142 valence electrons. The monoisotopic (exact) mass is 377 g/mol. The van der Waals surface area contributed by atoms with E-state index in [1.54, 1.807) is 6.08 Å². The Labute approximate surface area is 157 Å². The van der Waals surface area contributed by atoms with Crippen LogP contribution in [0, 0.1) is 0 Å². The number of hydrogen-bond donors (Lipinski definition) is 0. The maximum Gasteiger partial charge on any atom is 0.331 e. The maximum absolute atomic E-state index is 11.8. The summed E-state index contributed by atoms with van der Waals surface area (Å²) in [6.07, 6.45) is 9.47. The second-order valence-electron chi connectivity index (χ2n) is 5.57. The first-order valence-corrected chi connectivity index (χ1v) is 10.3. The average Bonchev–Trinajstić information content (AvgIpc) is 2.65. The van der Waals surface area contributed by atoms with E-state index in [0.29, 0.717) is 19.4 Å². The van der Waals surface area contributed by atoms with Crippen LogP contribution in [-0.2, 0) is 9.53 Å². The molecule has 0 aliphatic heterocycles. The highest BCUT2D eigenvalue weighted by Crippen LogP contribution is 2.17. The zero-order valence-corrected chi connectivity index (χ0v) is 16.3. The topological polar surface area (TPSA) is 71.0 Å². The summed E-state index contributed by atoms with van der Waals surface area (Å²) in [6.45, 7) is 6.43. The highest BCUT2D eigenvalue weighted by Gasteiger charge is 2.05. The molecule has 26 heavy (non-hydrogen) atoms. The molecule has 0 aliphatic carbocycles. The average molecular weight is 377 g/mol. The van der Waals surface area contributed by atoms with Crippen molar-refractivity contribution in [2.75, 3.05) is 25.9 Å². The van der Waals surface area contributed by atoms with Gasteiger partial charge in [0.25, 0.3) is 0 Å². The minimum absolute atomic E-state index is 0.134. The molecule has 6 heteroatoms. The molecule has 0 saturated heterocycles. The van der Waals surface area contributed by atoms with Gasteiger partial charge in [0.15, 0.2) is 14.5 Å². The number of nitrogens with zero attached hydrogens (tertiary/aromatic N) is 1. The van der Waals surface area contributed by atoms with Gasteiger partial charge in [-0.05, 0) is 50.3 Å². The summed E-state index contributed by atoms with van der Waals surface area (Å²) in [5.41, 5.74) is 1.10. The number of benzene rings is 1. The van der Waals surface area contributed by atoms with Crippen LogP contribution in [0.5, 0.6) is 5.75 Å². The van der Waals surface area contributed by atoms with Gasteiger partial charge in [0.1, 0.15) is 11.9 Å². The van der Waals surface area contributed by atoms with E-state index >= 15 is 0 Å².